The van der Waals surface area contributed by atoms with Crippen LogP contribution in [0.3, 0.4) is 0 Å². The molecule has 2 aromatic rings. The quantitative estimate of drug-likeness (QED) is 0.664. The molecule has 0 bridgehead atoms. The molecule has 0 aromatic heterocycles. The monoisotopic (exact) mass is 252 g/mol. The molecule has 96 valence electrons. The Morgan fingerprint density at radius 3 is 2.00 bits per heavy atom. The highest BCUT2D eigenvalue weighted by molar-refractivity contribution is 6.20. The van der Waals surface area contributed by atoms with E-state index in [-0.39, 0.29) is 11.5 Å². The summed E-state index contributed by atoms with van der Waals surface area (Å²) in [6.07, 6.45) is 0.366. The molecule has 0 saturated heterocycles. The topological polar surface area (TPSA) is 37.3 Å². The van der Waals surface area contributed by atoms with Crippen LogP contribution in [0.2, 0.25) is 0 Å². The highest BCUT2D eigenvalue weighted by Crippen LogP contribution is 2.21. The molecule has 0 radical (unpaired) electrons. The molecule has 0 spiro atoms. The number of benzene rings is 2. The second-order valence-electron chi connectivity index (χ2n) is 4.41. The maximum absolute atomic E-state index is 11.8. The van der Waals surface area contributed by atoms with Crippen LogP contribution in [0.25, 0.3) is 5.57 Å². The smallest absolute Gasteiger partial charge is 0.163 e. The van der Waals surface area contributed by atoms with Gasteiger partial charge in [0, 0.05) is 6.42 Å². The first-order valence-electron chi connectivity index (χ1n) is 6.21. The summed E-state index contributed by atoms with van der Waals surface area (Å²) in [6.45, 7) is 1.48. The van der Waals surface area contributed by atoms with Gasteiger partial charge < -0.3 is 5.11 Å². The normalized spacial score (nSPS) is 11.8. The maximum Gasteiger partial charge on any atom is 0.163 e. The minimum Gasteiger partial charge on any atom is -0.511 e. The van der Waals surface area contributed by atoms with Crippen LogP contribution in [0.5, 0.6) is 0 Å². The van der Waals surface area contributed by atoms with E-state index in [1.165, 1.54) is 6.92 Å². The van der Waals surface area contributed by atoms with E-state index in [2.05, 4.69) is 0 Å². The standard InChI is InChI=1S/C17H16O2/c1-13(18)17(15-10-6-3-7-11-15)16(19)12-14-8-4-2-5-9-14/h2-11,19H,12H2,1H3/b17-16-. The third kappa shape index (κ3) is 3.32. The summed E-state index contributed by atoms with van der Waals surface area (Å²) < 4.78 is 0. The summed E-state index contributed by atoms with van der Waals surface area (Å²) in [5.74, 6) is -0.00969. The van der Waals surface area contributed by atoms with E-state index >= 15 is 0 Å². The molecule has 0 heterocycles. The fourth-order valence-electron chi connectivity index (χ4n) is 2.06. The molecule has 0 fully saturated rings. The van der Waals surface area contributed by atoms with E-state index in [0.29, 0.717) is 12.0 Å². The molecule has 2 aromatic carbocycles. The molecule has 2 rings (SSSR count). The van der Waals surface area contributed by atoms with Gasteiger partial charge in [-0.1, -0.05) is 60.7 Å². The average Bonchev–Trinajstić information content (AvgIpc) is 2.40. The molecule has 0 amide bonds. The summed E-state index contributed by atoms with van der Waals surface area (Å²) in [5.41, 5.74) is 2.13. The van der Waals surface area contributed by atoms with Gasteiger partial charge in [0.25, 0.3) is 0 Å². The molecule has 0 aliphatic carbocycles. The highest BCUT2D eigenvalue weighted by Gasteiger charge is 2.13. The zero-order chi connectivity index (χ0) is 13.7. The van der Waals surface area contributed by atoms with Crippen LogP contribution < -0.4 is 0 Å². The van der Waals surface area contributed by atoms with Gasteiger partial charge in [-0.05, 0) is 18.1 Å². The molecule has 0 aliphatic rings. The summed E-state index contributed by atoms with van der Waals surface area (Å²) in [7, 11) is 0. The van der Waals surface area contributed by atoms with Crippen molar-refractivity contribution in [1.82, 2.24) is 0 Å². The molecule has 2 nitrogen and oxygen atoms in total. The highest BCUT2D eigenvalue weighted by atomic mass is 16.3. The average molecular weight is 252 g/mol. The molecule has 1 N–H and O–H groups in total. The van der Waals surface area contributed by atoms with Crippen molar-refractivity contribution in [2.75, 3.05) is 0 Å². The van der Waals surface area contributed by atoms with Gasteiger partial charge in [0.15, 0.2) is 5.78 Å². The lowest BCUT2D eigenvalue weighted by atomic mass is 9.98. The minimum absolute atomic E-state index is 0.116. The fraction of sp³-hybridized carbons (Fsp3) is 0.118. The molecule has 2 heteroatoms. The number of Topliss-reactive ketones (excluding diaryl/α,β-unsaturated/α-hetero) is 1. The predicted molar refractivity (Wildman–Crippen MR) is 76.8 cm³/mol. The van der Waals surface area contributed by atoms with E-state index in [1.807, 2.05) is 60.7 Å². The first kappa shape index (κ1) is 13.1. The number of carbonyl (C=O) groups excluding carboxylic acids is 1. The molecule has 19 heavy (non-hydrogen) atoms. The minimum atomic E-state index is -0.125. The Balaban J connectivity index is 2.37. The lowest BCUT2D eigenvalue weighted by Crippen LogP contribution is -2.03. The van der Waals surface area contributed by atoms with Crippen molar-refractivity contribution in [2.24, 2.45) is 0 Å². The molecular weight excluding hydrogens is 236 g/mol. The second-order valence-corrected chi connectivity index (χ2v) is 4.41. The van der Waals surface area contributed by atoms with Gasteiger partial charge in [-0.15, -0.1) is 0 Å². The molecule has 0 atom stereocenters. The van der Waals surface area contributed by atoms with Crippen molar-refractivity contribution >= 4 is 11.4 Å². The van der Waals surface area contributed by atoms with E-state index in [0.717, 1.165) is 11.1 Å². The summed E-state index contributed by atoms with van der Waals surface area (Å²) in [4.78, 5) is 11.8. The van der Waals surface area contributed by atoms with Crippen LogP contribution in [-0.2, 0) is 11.2 Å². The fourth-order valence-corrected chi connectivity index (χ4v) is 2.06. The maximum atomic E-state index is 11.8. The van der Waals surface area contributed by atoms with Gasteiger partial charge in [0.05, 0.1) is 5.57 Å². The van der Waals surface area contributed by atoms with Gasteiger partial charge in [-0.25, -0.2) is 0 Å². The lowest BCUT2D eigenvalue weighted by molar-refractivity contribution is -0.111. The van der Waals surface area contributed by atoms with Crippen LogP contribution in [0.15, 0.2) is 66.4 Å². The van der Waals surface area contributed by atoms with Crippen LogP contribution in [0.1, 0.15) is 18.1 Å². The Morgan fingerprint density at radius 1 is 0.947 bits per heavy atom. The third-order valence-electron chi connectivity index (χ3n) is 2.92. The largest absolute Gasteiger partial charge is 0.511 e. The van der Waals surface area contributed by atoms with Crippen LogP contribution in [-0.4, -0.2) is 10.9 Å². The zero-order valence-electron chi connectivity index (χ0n) is 10.8. The number of ketones is 1. The van der Waals surface area contributed by atoms with Gasteiger partial charge in [0.1, 0.15) is 5.76 Å². The number of rotatable bonds is 4. The third-order valence-corrected chi connectivity index (χ3v) is 2.92. The number of aliphatic hydroxyl groups is 1. The Hall–Kier alpha value is -2.35. The second kappa shape index (κ2) is 6.01. The van der Waals surface area contributed by atoms with Crippen molar-refractivity contribution in [3.8, 4) is 0 Å². The Labute approximate surface area is 113 Å². The molecule has 0 aliphatic heterocycles. The molecular formula is C17H16O2. The predicted octanol–water partition coefficient (Wildman–Crippen LogP) is 3.79. The van der Waals surface area contributed by atoms with Crippen LogP contribution in [0.4, 0.5) is 0 Å². The number of hydrogen-bond acceptors (Lipinski definition) is 2. The van der Waals surface area contributed by atoms with Crippen molar-refractivity contribution in [2.45, 2.75) is 13.3 Å². The number of allylic oxidation sites excluding steroid dienone is 2. The Kier molecular flexibility index (Phi) is 4.14. The number of carbonyl (C=O) groups is 1. The van der Waals surface area contributed by atoms with Gasteiger partial charge in [0.2, 0.25) is 0 Å². The van der Waals surface area contributed by atoms with Gasteiger partial charge >= 0.3 is 0 Å². The Bertz CT molecular complexity index is 583. The first-order valence-corrected chi connectivity index (χ1v) is 6.21. The summed E-state index contributed by atoms with van der Waals surface area (Å²) >= 11 is 0. The van der Waals surface area contributed by atoms with Crippen molar-refractivity contribution in [3.05, 3.63) is 77.5 Å². The number of aliphatic hydroxyl groups excluding tert-OH is 1. The van der Waals surface area contributed by atoms with E-state index in [1.54, 1.807) is 0 Å². The van der Waals surface area contributed by atoms with Gasteiger partial charge in [-0.2, -0.15) is 0 Å². The van der Waals surface area contributed by atoms with E-state index < -0.39 is 0 Å². The zero-order valence-corrected chi connectivity index (χ0v) is 10.8. The van der Waals surface area contributed by atoms with Crippen molar-refractivity contribution in [3.63, 3.8) is 0 Å². The number of hydrogen-bond donors (Lipinski definition) is 1. The SMILES string of the molecule is CC(=O)/C(=C(/O)Cc1ccccc1)c1ccccc1. The molecule has 0 saturated carbocycles. The van der Waals surface area contributed by atoms with E-state index in [4.69, 9.17) is 0 Å². The molecule has 0 unspecified atom stereocenters. The Morgan fingerprint density at radius 2 is 1.47 bits per heavy atom. The van der Waals surface area contributed by atoms with E-state index in [9.17, 15) is 9.90 Å². The lowest BCUT2D eigenvalue weighted by Gasteiger charge is -2.08. The van der Waals surface area contributed by atoms with Crippen LogP contribution >= 0.6 is 0 Å². The van der Waals surface area contributed by atoms with Crippen molar-refractivity contribution in [1.29, 1.82) is 0 Å². The first-order chi connectivity index (χ1) is 9.18. The summed E-state index contributed by atoms with van der Waals surface area (Å²) in [5, 5.41) is 10.2. The van der Waals surface area contributed by atoms with Gasteiger partial charge in [-0.3, -0.25) is 4.79 Å². The van der Waals surface area contributed by atoms with Crippen molar-refractivity contribution < 1.29 is 9.90 Å². The van der Waals surface area contributed by atoms with Crippen LogP contribution in [0, 0.1) is 0 Å². The summed E-state index contributed by atoms with van der Waals surface area (Å²) in [6, 6.07) is 18.9.